The molecule has 0 spiro atoms. The Morgan fingerprint density at radius 2 is 2.20 bits per heavy atom. The monoisotopic (exact) mass is 211 g/mol. The van der Waals surface area contributed by atoms with Gasteiger partial charge in [-0.15, -0.1) is 0 Å². The standard InChI is InChI=1S/C12H25N3/c1-2-15(12-5-6-12)9-8-13-10-11-4-3-7-14-11/h11-14H,2-10H2,1H3. The molecule has 2 rings (SSSR count). The summed E-state index contributed by atoms with van der Waals surface area (Å²) in [5, 5.41) is 7.09. The zero-order chi connectivity index (χ0) is 10.5. The minimum atomic E-state index is 0.737. The van der Waals surface area contributed by atoms with Crippen molar-refractivity contribution < 1.29 is 0 Å². The Hall–Kier alpha value is -0.120. The van der Waals surface area contributed by atoms with Gasteiger partial charge in [-0.05, 0) is 38.8 Å². The summed E-state index contributed by atoms with van der Waals surface area (Å²) in [6, 6.07) is 1.66. The first-order valence-electron chi connectivity index (χ1n) is 6.58. The summed E-state index contributed by atoms with van der Waals surface area (Å²) in [6.45, 7) is 8.25. The number of likely N-dealkylation sites (N-methyl/N-ethyl adjacent to an activating group) is 1. The highest BCUT2D eigenvalue weighted by Crippen LogP contribution is 2.25. The maximum atomic E-state index is 3.57. The maximum absolute atomic E-state index is 3.57. The molecule has 2 aliphatic rings. The van der Waals surface area contributed by atoms with Gasteiger partial charge in [0.05, 0.1) is 0 Å². The van der Waals surface area contributed by atoms with Crippen molar-refractivity contribution in [2.24, 2.45) is 0 Å². The average Bonchev–Trinajstić information content (AvgIpc) is 2.95. The molecule has 1 heterocycles. The third-order valence-electron chi connectivity index (χ3n) is 3.60. The van der Waals surface area contributed by atoms with Crippen LogP contribution in [0.25, 0.3) is 0 Å². The molecule has 1 saturated carbocycles. The van der Waals surface area contributed by atoms with Crippen molar-refractivity contribution >= 4 is 0 Å². The van der Waals surface area contributed by atoms with Crippen LogP contribution in [0.15, 0.2) is 0 Å². The Morgan fingerprint density at radius 1 is 1.33 bits per heavy atom. The first-order chi connectivity index (χ1) is 7.40. The molecule has 2 N–H and O–H groups in total. The summed E-state index contributed by atoms with van der Waals surface area (Å²) < 4.78 is 0. The van der Waals surface area contributed by atoms with Crippen LogP contribution >= 0.6 is 0 Å². The SMILES string of the molecule is CCN(CCNCC1CCCN1)C1CC1. The molecule has 1 atom stereocenters. The first-order valence-corrected chi connectivity index (χ1v) is 6.58. The van der Waals surface area contributed by atoms with Gasteiger partial charge in [-0.3, -0.25) is 4.90 Å². The highest BCUT2D eigenvalue weighted by molar-refractivity contribution is 4.84. The van der Waals surface area contributed by atoms with E-state index >= 15 is 0 Å². The van der Waals surface area contributed by atoms with E-state index in [2.05, 4.69) is 22.5 Å². The average molecular weight is 211 g/mol. The first kappa shape index (κ1) is 11.4. The van der Waals surface area contributed by atoms with E-state index in [0.717, 1.165) is 25.2 Å². The third-order valence-corrected chi connectivity index (χ3v) is 3.60. The molecule has 3 nitrogen and oxygen atoms in total. The zero-order valence-electron chi connectivity index (χ0n) is 9.97. The van der Waals surface area contributed by atoms with Gasteiger partial charge in [0, 0.05) is 31.7 Å². The Morgan fingerprint density at radius 3 is 2.80 bits per heavy atom. The fourth-order valence-electron chi connectivity index (χ4n) is 2.47. The van der Waals surface area contributed by atoms with Gasteiger partial charge in [-0.1, -0.05) is 6.92 Å². The smallest absolute Gasteiger partial charge is 0.0192 e. The summed E-state index contributed by atoms with van der Waals surface area (Å²) >= 11 is 0. The predicted molar refractivity (Wildman–Crippen MR) is 64.2 cm³/mol. The molecule has 1 aliphatic heterocycles. The van der Waals surface area contributed by atoms with Crippen LogP contribution in [0.5, 0.6) is 0 Å². The van der Waals surface area contributed by atoms with Crippen molar-refractivity contribution in [2.75, 3.05) is 32.7 Å². The highest BCUT2D eigenvalue weighted by atomic mass is 15.2. The summed E-state index contributed by atoms with van der Waals surface area (Å²) in [5.74, 6) is 0. The maximum Gasteiger partial charge on any atom is 0.0192 e. The largest absolute Gasteiger partial charge is 0.314 e. The molecular formula is C12H25N3. The molecule has 0 radical (unpaired) electrons. The number of hydrogen-bond donors (Lipinski definition) is 2. The van der Waals surface area contributed by atoms with Gasteiger partial charge in [0.25, 0.3) is 0 Å². The van der Waals surface area contributed by atoms with E-state index < -0.39 is 0 Å². The molecule has 0 aromatic rings. The van der Waals surface area contributed by atoms with Crippen molar-refractivity contribution in [1.29, 1.82) is 0 Å². The lowest BCUT2D eigenvalue weighted by Crippen LogP contribution is -2.39. The molecule has 3 heteroatoms. The zero-order valence-corrected chi connectivity index (χ0v) is 9.97. The van der Waals surface area contributed by atoms with E-state index in [9.17, 15) is 0 Å². The van der Waals surface area contributed by atoms with Crippen molar-refractivity contribution in [3.05, 3.63) is 0 Å². The summed E-state index contributed by atoms with van der Waals surface area (Å²) in [6.07, 6.45) is 5.57. The van der Waals surface area contributed by atoms with Gasteiger partial charge < -0.3 is 10.6 Å². The Labute approximate surface area is 93.6 Å². The van der Waals surface area contributed by atoms with Crippen molar-refractivity contribution in [3.8, 4) is 0 Å². The topological polar surface area (TPSA) is 27.3 Å². The van der Waals surface area contributed by atoms with Crippen LogP contribution in [-0.4, -0.2) is 49.7 Å². The predicted octanol–water partition coefficient (Wildman–Crippen LogP) is 0.812. The molecule has 0 aromatic heterocycles. The molecule has 15 heavy (non-hydrogen) atoms. The van der Waals surface area contributed by atoms with Gasteiger partial charge in [0.1, 0.15) is 0 Å². The van der Waals surface area contributed by atoms with Gasteiger partial charge >= 0.3 is 0 Å². The van der Waals surface area contributed by atoms with E-state index in [1.54, 1.807) is 0 Å². The van der Waals surface area contributed by atoms with Gasteiger partial charge in [0.2, 0.25) is 0 Å². The number of hydrogen-bond acceptors (Lipinski definition) is 3. The van der Waals surface area contributed by atoms with Crippen LogP contribution in [0.1, 0.15) is 32.6 Å². The molecular weight excluding hydrogens is 186 g/mol. The molecule has 0 amide bonds. The van der Waals surface area contributed by atoms with E-state index in [-0.39, 0.29) is 0 Å². The summed E-state index contributed by atoms with van der Waals surface area (Å²) in [7, 11) is 0. The lowest BCUT2D eigenvalue weighted by molar-refractivity contribution is 0.276. The number of nitrogens with zero attached hydrogens (tertiary/aromatic N) is 1. The van der Waals surface area contributed by atoms with Crippen molar-refractivity contribution in [1.82, 2.24) is 15.5 Å². The normalized spacial score (nSPS) is 26.4. The van der Waals surface area contributed by atoms with Gasteiger partial charge in [-0.25, -0.2) is 0 Å². The van der Waals surface area contributed by atoms with E-state index in [0.29, 0.717) is 0 Å². The van der Waals surface area contributed by atoms with Crippen LogP contribution in [0, 0.1) is 0 Å². The number of rotatable bonds is 7. The minimum Gasteiger partial charge on any atom is -0.314 e. The Kier molecular flexibility index (Phi) is 4.42. The van der Waals surface area contributed by atoms with Gasteiger partial charge in [0.15, 0.2) is 0 Å². The van der Waals surface area contributed by atoms with Gasteiger partial charge in [-0.2, -0.15) is 0 Å². The van der Waals surface area contributed by atoms with Crippen LogP contribution in [-0.2, 0) is 0 Å². The number of nitrogens with one attached hydrogen (secondary N) is 2. The summed E-state index contributed by atoms with van der Waals surface area (Å²) in [5.41, 5.74) is 0. The third kappa shape index (κ3) is 3.74. The molecule has 2 fully saturated rings. The molecule has 0 bridgehead atoms. The molecule has 1 unspecified atom stereocenters. The fourth-order valence-corrected chi connectivity index (χ4v) is 2.47. The second-order valence-electron chi connectivity index (χ2n) is 4.86. The van der Waals surface area contributed by atoms with Crippen molar-refractivity contribution in [2.45, 2.75) is 44.7 Å². The van der Waals surface area contributed by atoms with Crippen LogP contribution in [0.3, 0.4) is 0 Å². The van der Waals surface area contributed by atoms with E-state index in [4.69, 9.17) is 0 Å². The Balaban J connectivity index is 1.49. The van der Waals surface area contributed by atoms with Crippen molar-refractivity contribution in [3.63, 3.8) is 0 Å². The van der Waals surface area contributed by atoms with E-state index in [1.165, 1.54) is 45.3 Å². The minimum absolute atomic E-state index is 0.737. The molecule has 88 valence electrons. The highest BCUT2D eigenvalue weighted by Gasteiger charge is 2.27. The van der Waals surface area contributed by atoms with E-state index in [1.807, 2.05) is 0 Å². The quantitative estimate of drug-likeness (QED) is 0.610. The lowest BCUT2D eigenvalue weighted by atomic mass is 10.2. The molecule has 1 aliphatic carbocycles. The van der Waals surface area contributed by atoms with Crippen LogP contribution in [0.2, 0.25) is 0 Å². The molecule has 0 aromatic carbocycles. The van der Waals surface area contributed by atoms with Crippen LogP contribution < -0.4 is 10.6 Å². The second-order valence-corrected chi connectivity index (χ2v) is 4.86. The second kappa shape index (κ2) is 5.83. The lowest BCUT2D eigenvalue weighted by Gasteiger charge is -2.20. The molecule has 1 saturated heterocycles. The fraction of sp³-hybridized carbons (Fsp3) is 1.00. The Bertz CT molecular complexity index is 174. The summed E-state index contributed by atoms with van der Waals surface area (Å²) in [4.78, 5) is 2.61. The van der Waals surface area contributed by atoms with Crippen LogP contribution in [0.4, 0.5) is 0 Å².